The van der Waals surface area contributed by atoms with E-state index in [0.29, 0.717) is 12.1 Å². The first-order chi connectivity index (χ1) is 11.9. The van der Waals surface area contributed by atoms with Crippen LogP contribution < -0.4 is 11.1 Å². The van der Waals surface area contributed by atoms with Crippen molar-refractivity contribution < 1.29 is 4.79 Å². The van der Waals surface area contributed by atoms with Gasteiger partial charge in [0.05, 0.1) is 6.04 Å². The molecule has 0 aliphatic heterocycles. The van der Waals surface area contributed by atoms with Crippen LogP contribution in [-0.4, -0.2) is 35.0 Å². The first-order valence-corrected chi connectivity index (χ1v) is 9.75. The van der Waals surface area contributed by atoms with Gasteiger partial charge in [-0.1, -0.05) is 57.0 Å². The molecule has 0 heterocycles. The van der Waals surface area contributed by atoms with Crippen molar-refractivity contribution in [1.29, 1.82) is 0 Å². The van der Waals surface area contributed by atoms with Crippen molar-refractivity contribution in [3.8, 4) is 0 Å². The van der Waals surface area contributed by atoms with Gasteiger partial charge in [0, 0.05) is 24.7 Å². The van der Waals surface area contributed by atoms with Gasteiger partial charge in [0.1, 0.15) is 0 Å². The fourth-order valence-electron chi connectivity index (χ4n) is 3.74. The molecule has 25 heavy (non-hydrogen) atoms. The van der Waals surface area contributed by atoms with Gasteiger partial charge in [-0.15, -0.1) is 0 Å². The Labute approximate surface area is 153 Å². The Kier molecular flexibility index (Phi) is 7.45. The highest BCUT2D eigenvalue weighted by Gasteiger charge is 2.33. The van der Waals surface area contributed by atoms with Crippen LogP contribution in [0.3, 0.4) is 0 Å². The second kappa shape index (κ2) is 9.35. The van der Waals surface area contributed by atoms with Crippen molar-refractivity contribution in [1.82, 2.24) is 10.2 Å². The van der Waals surface area contributed by atoms with Crippen LogP contribution in [0, 0.1) is 5.92 Å². The topological polar surface area (TPSA) is 58.4 Å². The number of hydrogen-bond acceptors (Lipinski definition) is 3. The molecule has 3 N–H and O–H groups in total. The molecule has 1 amide bonds. The first-order valence-electron chi connectivity index (χ1n) is 9.75. The van der Waals surface area contributed by atoms with Crippen LogP contribution >= 0.6 is 0 Å². The summed E-state index contributed by atoms with van der Waals surface area (Å²) in [6, 6.07) is 11.2. The number of hydrogen-bond donors (Lipinski definition) is 2. The summed E-state index contributed by atoms with van der Waals surface area (Å²) in [5.74, 6) is 0.155. The third-order valence-corrected chi connectivity index (χ3v) is 5.38. The molecule has 2 rings (SSSR count). The number of benzene rings is 1. The Hall–Kier alpha value is -1.39. The van der Waals surface area contributed by atoms with E-state index in [-0.39, 0.29) is 17.9 Å². The highest BCUT2D eigenvalue weighted by molar-refractivity contribution is 5.82. The predicted molar refractivity (Wildman–Crippen MR) is 104 cm³/mol. The van der Waals surface area contributed by atoms with E-state index < -0.39 is 6.04 Å². The monoisotopic (exact) mass is 345 g/mol. The van der Waals surface area contributed by atoms with Crippen LogP contribution in [0.5, 0.6) is 0 Å². The normalized spacial score (nSPS) is 22.4. The molecule has 1 aliphatic rings. The predicted octanol–water partition coefficient (Wildman–Crippen LogP) is 3.31. The number of amides is 1. The molecule has 0 spiro atoms. The largest absolute Gasteiger partial charge is 0.350 e. The molecule has 4 heteroatoms. The maximum Gasteiger partial charge on any atom is 0.237 e. The van der Waals surface area contributed by atoms with Gasteiger partial charge in [-0.2, -0.15) is 0 Å². The zero-order chi connectivity index (χ0) is 18.4. The van der Waals surface area contributed by atoms with Crippen LogP contribution in [0.2, 0.25) is 0 Å². The van der Waals surface area contributed by atoms with E-state index in [9.17, 15) is 4.79 Å². The summed E-state index contributed by atoms with van der Waals surface area (Å²) in [6.07, 6.45) is 4.58. The Morgan fingerprint density at radius 1 is 1.16 bits per heavy atom. The molecule has 0 bridgehead atoms. The van der Waals surface area contributed by atoms with Crippen LogP contribution in [-0.2, 0) is 11.3 Å². The summed E-state index contributed by atoms with van der Waals surface area (Å²) < 4.78 is 0. The molecule has 1 aromatic carbocycles. The Morgan fingerprint density at radius 3 is 2.40 bits per heavy atom. The summed E-state index contributed by atoms with van der Waals surface area (Å²) in [7, 11) is 0. The van der Waals surface area contributed by atoms with Crippen molar-refractivity contribution in [2.24, 2.45) is 11.7 Å². The van der Waals surface area contributed by atoms with Gasteiger partial charge in [-0.05, 0) is 38.2 Å². The summed E-state index contributed by atoms with van der Waals surface area (Å²) in [6.45, 7) is 9.41. The fourth-order valence-corrected chi connectivity index (χ4v) is 3.74. The molecule has 0 radical (unpaired) electrons. The van der Waals surface area contributed by atoms with Gasteiger partial charge in [0.2, 0.25) is 5.91 Å². The number of carbonyl (C=O) groups excluding carboxylic acids is 1. The standard InChI is InChI=1S/C21H35N3O/c1-15(2)20(22)21(25)23-18-12-8-9-13-19(18)24(16(3)4)14-17-10-6-5-7-11-17/h5-7,10-11,15-16,18-20H,8-9,12-14,22H2,1-4H3,(H,23,25)/t18-,19+,20+/m1/s1. The molecule has 0 unspecified atom stereocenters. The molecular formula is C21H35N3O. The van der Waals surface area contributed by atoms with Crippen molar-refractivity contribution in [2.45, 2.75) is 84.1 Å². The average Bonchev–Trinajstić information content (AvgIpc) is 2.60. The molecule has 4 nitrogen and oxygen atoms in total. The SMILES string of the molecule is CC(C)[C@H](N)C(=O)N[C@@H]1CCCC[C@@H]1N(Cc1ccccc1)C(C)C. The van der Waals surface area contributed by atoms with Crippen LogP contribution in [0.4, 0.5) is 0 Å². The van der Waals surface area contributed by atoms with Crippen molar-refractivity contribution >= 4 is 5.91 Å². The van der Waals surface area contributed by atoms with Crippen LogP contribution in [0.15, 0.2) is 30.3 Å². The van der Waals surface area contributed by atoms with Gasteiger partial charge < -0.3 is 11.1 Å². The van der Waals surface area contributed by atoms with Gasteiger partial charge >= 0.3 is 0 Å². The summed E-state index contributed by atoms with van der Waals surface area (Å²) in [4.78, 5) is 15.0. The van der Waals surface area contributed by atoms with Crippen molar-refractivity contribution in [3.05, 3.63) is 35.9 Å². The number of nitrogens with zero attached hydrogens (tertiary/aromatic N) is 1. The second-order valence-corrected chi connectivity index (χ2v) is 7.99. The smallest absolute Gasteiger partial charge is 0.237 e. The van der Waals surface area contributed by atoms with E-state index >= 15 is 0 Å². The molecular weight excluding hydrogens is 310 g/mol. The molecule has 140 valence electrons. The zero-order valence-corrected chi connectivity index (χ0v) is 16.2. The van der Waals surface area contributed by atoms with E-state index in [4.69, 9.17) is 5.73 Å². The highest BCUT2D eigenvalue weighted by atomic mass is 16.2. The fraction of sp³-hybridized carbons (Fsp3) is 0.667. The van der Waals surface area contributed by atoms with E-state index in [2.05, 4.69) is 54.4 Å². The third-order valence-electron chi connectivity index (χ3n) is 5.38. The highest BCUT2D eigenvalue weighted by Crippen LogP contribution is 2.26. The Balaban J connectivity index is 2.11. The minimum Gasteiger partial charge on any atom is -0.350 e. The van der Waals surface area contributed by atoms with Gasteiger partial charge in [0.15, 0.2) is 0 Å². The molecule has 0 saturated heterocycles. The lowest BCUT2D eigenvalue weighted by Crippen LogP contribution is -2.57. The summed E-state index contributed by atoms with van der Waals surface area (Å²) in [5.41, 5.74) is 7.38. The molecule has 1 aromatic rings. The second-order valence-electron chi connectivity index (χ2n) is 7.99. The number of carbonyl (C=O) groups is 1. The number of rotatable bonds is 7. The molecule has 0 aromatic heterocycles. The molecule has 1 saturated carbocycles. The molecule has 1 aliphatic carbocycles. The third kappa shape index (κ3) is 5.55. The zero-order valence-electron chi connectivity index (χ0n) is 16.2. The lowest BCUT2D eigenvalue weighted by atomic mass is 9.87. The van der Waals surface area contributed by atoms with Crippen LogP contribution in [0.25, 0.3) is 0 Å². The maximum absolute atomic E-state index is 12.5. The first kappa shape index (κ1) is 19.9. The van der Waals surface area contributed by atoms with Crippen LogP contribution in [0.1, 0.15) is 58.9 Å². The van der Waals surface area contributed by atoms with E-state index in [1.165, 1.54) is 18.4 Å². The quantitative estimate of drug-likeness (QED) is 0.797. The van der Waals surface area contributed by atoms with E-state index in [0.717, 1.165) is 19.4 Å². The Bertz CT molecular complexity index is 529. The summed E-state index contributed by atoms with van der Waals surface area (Å²) >= 11 is 0. The van der Waals surface area contributed by atoms with Gasteiger partial charge in [0.25, 0.3) is 0 Å². The van der Waals surface area contributed by atoms with Crippen molar-refractivity contribution in [2.75, 3.05) is 0 Å². The minimum absolute atomic E-state index is 0.00434. The maximum atomic E-state index is 12.5. The van der Waals surface area contributed by atoms with Gasteiger partial charge in [-0.25, -0.2) is 0 Å². The van der Waals surface area contributed by atoms with Crippen molar-refractivity contribution in [3.63, 3.8) is 0 Å². The lowest BCUT2D eigenvalue weighted by Gasteiger charge is -2.43. The van der Waals surface area contributed by atoms with E-state index in [1.807, 2.05) is 13.8 Å². The average molecular weight is 346 g/mol. The van der Waals surface area contributed by atoms with E-state index in [1.54, 1.807) is 0 Å². The number of nitrogens with one attached hydrogen (secondary N) is 1. The van der Waals surface area contributed by atoms with Gasteiger partial charge in [-0.3, -0.25) is 9.69 Å². The molecule has 1 fully saturated rings. The lowest BCUT2D eigenvalue weighted by molar-refractivity contribution is -0.124. The summed E-state index contributed by atoms with van der Waals surface area (Å²) in [5, 5.41) is 3.27. The molecule has 3 atom stereocenters. The number of nitrogens with two attached hydrogens (primary N) is 1. The Morgan fingerprint density at radius 2 is 1.80 bits per heavy atom. The minimum atomic E-state index is -0.427.